The number of hydrogen-bond donors (Lipinski definition) is 1. The SMILES string of the molecule is CC1C=c2[nH]ncc2=C(c2ccncc2)N1S(=O)(=O)c1ccc(C(F)(F)F)cc1. The van der Waals surface area contributed by atoms with Crippen molar-refractivity contribution in [3.63, 3.8) is 0 Å². The molecule has 6 nitrogen and oxygen atoms in total. The summed E-state index contributed by atoms with van der Waals surface area (Å²) in [5, 5.41) is 8.08. The molecular formula is C19H15F3N4O2S. The van der Waals surface area contributed by atoms with Crippen LogP contribution in [0.1, 0.15) is 18.1 Å². The van der Waals surface area contributed by atoms with Crippen LogP contribution < -0.4 is 10.6 Å². The van der Waals surface area contributed by atoms with Crippen molar-refractivity contribution in [1.82, 2.24) is 19.5 Å². The lowest BCUT2D eigenvalue weighted by Gasteiger charge is -2.32. The van der Waals surface area contributed by atoms with Crippen molar-refractivity contribution in [2.24, 2.45) is 0 Å². The molecule has 0 bridgehead atoms. The average Bonchev–Trinajstić information content (AvgIpc) is 3.15. The second-order valence-corrected chi connectivity index (χ2v) is 8.33. The first-order valence-corrected chi connectivity index (χ1v) is 10.0. The van der Waals surface area contributed by atoms with E-state index in [1.165, 1.54) is 22.9 Å². The molecule has 0 aliphatic carbocycles. The van der Waals surface area contributed by atoms with Gasteiger partial charge in [0.15, 0.2) is 0 Å². The number of aromatic nitrogens is 3. The molecule has 10 heteroatoms. The van der Waals surface area contributed by atoms with Gasteiger partial charge in [0.2, 0.25) is 0 Å². The largest absolute Gasteiger partial charge is 0.416 e. The minimum absolute atomic E-state index is 0.232. The van der Waals surface area contributed by atoms with Gasteiger partial charge in [-0.15, -0.1) is 0 Å². The molecule has 1 aliphatic heterocycles. The van der Waals surface area contributed by atoms with E-state index in [1.54, 1.807) is 25.1 Å². The summed E-state index contributed by atoms with van der Waals surface area (Å²) in [4.78, 5) is 3.73. The Bertz CT molecular complexity index is 1270. The minimum Gasteiger partial charge on any atom is -0.278 e. The first kappa shape index (κ1) is 19.2. The Kier molecular flexibility index (Phi) is 4.45. The number of rotatable bonds is 3. The van der Waals surface area contributed by atoms with E-state index in [4.69, 9.17) is 0 Å². The normalized spacial score (nSPS) is 17.0. The molecule has 2 aromatic heterocycles. The Morgan fingerprint density at radius 2 is 1.72 bits per heavy atom. The van der Waals surface area contributed by atoms with Gasteiger partial charge in [-0.05, 0) is 49.4 Å². The number of alkyl halides is 3. The Morgan fingerprint density at radius 1 is 1.07 bits per heavy atom. The van der Waals surface area contributed by atoms with E-state index < -0.39 is 27.8 Å². The molecule has 0 saturated carbocycles. The quantitative estimate of drug-likeness (QED) is 0.702. The maximum atomic E-state index is 13.4. The van der Waals surface area contributed by atoms with Crippen molar-refractivity contribution in [1.29, 1.82) is 0 Å². The van der Waals surface area contributed by atoms with E-state index in [0.29, 0.717) is 21.8 Å². The second kappa shape index (κ2) is 6.73. The molecule has 0 saturated heterocycles. The van der Waals surface area contributed by atoms with Crippen LogP contribution in [0.15, 0.2) is 59.9 Å². The summed E-state index contributed by atoms with van der Waals surface area (Å²) in [7, 11) is -4.16. The van der Waals surface area contributed by atoms with Gasteiger partial charge >= 0.3 is 6.18 Å². The van der Waals surface area contributed by atoms with Crippen molar-refractivity contribution in [3.8, 4) is 0 Å². The molecule has 1 N–H and O–H groups in total. The van der Waals surface area contributed by atoms with Crippen LogP contribution in [-0.4, -0.2) is 33.9 Å². The van der Waals surface area contributed by atoms with Crippen molar-refractivity contribution in [3.05, 3.63) is 76.7 Å². The van der Waals surface area contributed by atoms with E-state index in [9.17, 15) is 21.6 Å². The van der Waals surface area contributed by atoms with E-state index >= 15 is 0 Å². The van der Waals surface area contributed by atoms with Crippen LogP contribution in [0, 0.1) is 0 Å². The molecule has 0 radical (unpaired) electrons. The van der Waals surface area contributed by atoms with Crippen LogP contribution in [0.5, 0.6) is 0 Å². The molecule has 4 rings (SSSR count). The zero-order valence-electron chi connectivity index (χ0n) is 15.1. The molecule has 1 unspecified atom stereocenters. The first-order chi connectivity index (χ1) is 13.7. The third-order valence-electron chi connectivity index (χ3n) is 4.61. The number of halogens is 3. The fraction of sp³-hybridized carbons (Fsp3) is 0.158. The summed E-state index contributed by atoms with van der Waals surface area (Å²) in [6.45, 7) is 1.69. The highest BCUT2D eigenvalue weighted by Gasteiger charge is 2.35. The fourth-order valence-electron chi connectivity index (χ4n) is 3.30. The summed E-state index contributed by atoms with van der Waals surface area (Å²) < 4.78 is 66.6. The van der Waals surface area contributed by atoms with Crippen LogP contribution in [-0.2, 0) is 16.2 Å². The maximum absolute atomic E-state index is 13.4. The lowest BCUT2D eigenvalue weighted by molar-refractivity contribution is -0.137. The van der Waals surface area contributed by atoms with Crippen molar-refractivity contribution < 1.29 is 21.6 Å². The predicted molar refractivity (Wildman–Crippen MR) is 99.0 cm³/mol. The fourth-order valence-corrected chi connectivity index (χ4v) is 4.95. The van der Waals surface area contributed by atoms with E-state index in [0.717, 1.165) is 24.3 Å². The smallest absolute Gasteiger partial charge is 0.278 e. The zero-order valence-corrected chi connectivity index (χ0v) is 15.9. The molecule has 3 aromatic rings. The number of fused-ring (bicyclic) bond motifs is 1. The van der Waals surface area contributed by atoms with E-state index in [-0.39, 0.29) is 4.90 Å². The highest BCUT2D eigenvalue weighted by Crippen LogP contribution is 2.32. The number of pyridine rings is 1. The molecular weight excluding hydrogens is 405 g/mol. The predicted octanol–water partition coefficient (Wildman–Crippen LogP) is 1.85. The van der Waals surface area contributed by atoms with Crippen molar-refractivity contribution >= 4 is 21.8 Å². The third kappa shape index (κ3) is 3.29. The maximum Gasteiger partial charge on any atom is 0.416 e. The number of nitrogens with one attached hydrogen (secondary N) is 1. The number of sulfonamides is 1. The van der Waals surface area contributed by atoms with Crippen LogP contribution in [0.3, 0.4) is 0 Å². The molecule has 3 heterocycles. The molecule has 1 atom stereocenters. The Balaban J connectivity index is 1.91. The number of benzene rings is 1. The van der Waals surface area contributed by atoms with Gasteiger partial charge in [0.25, 0.3) is 10.0 Å². The van der Waals surface area contributed by atoms with E-state index in [2.05, 4.69) is 15.2 Å². The number of nitrogens with zero attached hydrogens (tertiary/aromatic N) is 3. The van der Waals surface area contributed by atoms with Gasteiger partial charge in [0.1, 0.15) is 0 Å². The van der Waals surface area contributed by atoms with Crippen LogP contribution in [0.2, 0.25) is 0 Å². The average molecular weight is 420 g/mol. The van der Waals surface area contributed by atoms with Crippen LogP contribution in [0.25, 0.3) is 11.8 Å². The van der Waals surface area contributed by atoms with Crippen molar-refractivity contribution in [2.45, 2.75) is 24.0 Å². The van der Waals surface area contributed by atoms with Gasteiger partial charge in [0.05, 0.1) is 33.7 Å². The van der Waals surface area contributed by atoms with Gasteiger partial charge in [-0.1, -0.05) is 0 Å². The second-order valence-electron chi connectivity index (χ2n) is 6.51. The van der Waals surface area contributed by atoms with Crippen LogP contribution >= 0.6 is 0 Å². The standard InChI is InChI=1S/C19H15F3N4O2S/c1-12-10-17-16(11-24-25-17)18(13-6-8-23-9-7-13)26(12)29(27,28)15-4-2-14(3-5-15)19(20,21)22/h2-12,25H,1H3. The Hall–Kier alpha value is -3.14. The summed E-state index contributed by atoms with van der Waals surface area (Å²) in [6, 6.07) is 6.21. The molecule has 29 heavy (non-hydrogen) atoms. The summed E-state index contributed by atoms with van der Waals surface area (Å²) >= 11 is 0. The topological polar surface area (TPSA) is 79.0 Å². The lowest BCUT2D eigenvalue weighted by atomic mass is 10.1. The van der Waals surface area contributed by atoms with Crippen LogP contribution in [0.4, 0.5) is 13.2 Å². The highest BCUT2D eigenvalue weighted by molar-refractivity contribution is 7.89. The molecule has 0 fully saturated rings. The highest BCUT2D eigenvalue weighted by atomic mass is 32.2. The van der Waals surface area contributed by atoms with Gasteiger partial charge in [-0.25, -0.2) is 8.42 Å². The van der Waals surface area contributed by atoms with Gasteiger partial charge in [-0.2, -0.15) is 18.3 Å². The molecule has 0 amide bonds. The number of hydrogen-bond acceptors (Lipinski definition) is 4. The first-order valence-electron chi connectivity index (χ1n) is 8.57. The monoisotopic (exact) mass is 420 g/mol. The van der Waals surface area contributed by atoms with Gasteiger partial charge < -0.3 is 0 Å². The number of aromatic amines is 1. The summed E-state index contributed by atoms with van der Waals surface area (Å²) in [6.07, 6.45) is 1.74. The molecule has 1 aromatic carbocycles. The number of H-pyrrole nitrogens is 1. The Labute approximate surface area is 164 Å². The Morgan fingerprint density at radius 3 is 2.34 bits per heavy atom. The zero-order chi connectivity index (χ0) is 20.8. The lowest BCUT2D eigenvalue weighted by Crippen LogP contribution is -2.46. The summed E-state index contributed by atoms with van der Waals surface area (Å²) in [5.74, 6) is 0. The van der Waals surface area contributed by atoms with Crippen molar-refractivity contribution in [2.75, 3.05) is 0 Å². The third-order valence-corrected chi connectivity index (χ3v) is 6.52. The molecule has 1 aliphatic rings. The van der Waals surface area contributed by atoms with E-state index in [1.807, 2.05) is 0 Å². The van der Waals surface area contributed by atoms with Gasteiger partial charge in [-0.3, -0.25) is 14.4 Å². The minimum atomic E-state index is -4.55. The summed E-state index contributed by atoms with van der Waals surface area (Å²) in [5.41, 5.74) is 0.0642. The van der Waals surface area contributed by atoms with Gasteiger partial charge in [0, 0.05) is 23.2 Å². The molecule has 150 valence electrons. The molecule has 0 spiro atoms.